The van der Waals surface area contributed by atoms with Crippen molar-refractivity contribution in [3.63, 3.8) is 0 Å². The minimum Gasteiger partial charge on any atom is -0.382 e. The van der Waals surface area contributed by atoms with Crippen molar-refractivity contribution in [2.45, 2.75) is 42.9 Å². The van der Waals surface area contributed by atoms with Crippen LogP contribution in [0.2, 0.25) is 0 Å². The summed E-state index contributed by atoms with van der Waals surface area (Å²) in [4.78, 5) is 0. The van der Waals surface area contributed by atoms with Gasteiger partial charge in [-0.05, 0) is 25.7 Å². The maximum atomic E-state index is 6.19. The Morgan fingerprint density at radius 3 is 2.00 bits per heavy atom. The van der Waals surface area contributed by atoms with Gasteiger partial charge < -0.3 is 19.9 Å². The Morgan fingerprint density at radius 1 is 1.13 bits per heavy atom. The Balaban J connectivity index is 2.12. The highest BCUT2D eigenvalue weighted by atomic mass is 16.6. The van der Waals surface area contributed by atoms with Gasteiger partial charge in [-0.25, -0.2) is 0 Å². The lowest BCUT2D eigenvalue weighted by Crippen LogP contribution is -2.52. The maximum Gasteiger partial charge on any atom is 0.0939 e. The molecule has 0 aromatic carbocycles. The predicted molar refractivity (Wildman–Crippen MR) is 56.7 cm³/mol. The standard InChI is InChI=1S/C11H21NO3/c1-13-7-10-3-4-11(15-10,8-14-2)6-9(12)5-10/h9H,3-8,12H2,1-2H3/t9?,10-,11+. The second kappa shape index (κ2) is 4.01. The van der Waals surface area contributed by atoms with Gasteiger partial charge in [0.2, 0.25) is 0 Å². The SMILES string of the molecule is COC[C@@]12CC[C@@](COC)(CC(N)C1)O2. The summed E-state index contributed by atoms with van der Waals surface area (Å²) in [5.41, 5.74) is 5.80. The van der Waals surface area contributed by atoms with Gasteiger partial charge in [-0.3, -0.25) is 0 Å². The molecule has 2 aliphatic heterocycles. The van der Waals surface area contributed by atoms with Crippen LogP contribution in [0.5, 0.6) is 0 Å². The first-order chi connectivity index (χ1) is 7.14. The summed E-state index contributed by atoms with van der Waals surface area (Å²) in [5.74, 6) is 0. The van der Waals surface area contributed by atoms with Gasteiger partial charge in [0.25, 0.3) is 0 Å². The fraction of sp³-hybridized carbons (Fsp3) is 1.00. The average Bonchev–Trinajstić information content (AvgIpc) is 2.39. The molecule has 2 saturated heterocycles. The van der Waals surface area contributed by atoms with Crippen molar-refractivity contribution in [1.29, 1.82) is 0 Å². The van der Waals surface area contributed by atoms with Crippen molar-refractivity contribution in [2.24, 2.45) is 5.73 Å². The van der Waals surface area contributed by atoms with Gasteiger partial charge in [-0.2, -0.15) is 0 Å². The van der Waals surface area contributed by atoms with Crippen LogP contribution in [0.15, 0.2) is 0 Å². The van der Waals surface area contributed by atoms with Gasteiger partial charge in [0.1, 0.15) is 0 Å². The molecule has 88 valence electrons. The van der Waals surface area contributed by atoms with Crippen molar-refractivity contribution >= 4 is 0 Å². The van der Waals surface area contributed by atoms with Crippen molar-refractivity contribution in [1.82, 2.24) is 0 Å². The number of fused-ring (bicyclic) bond motifs is 2. The molecular formula is C11H21NO3. The Bertz CT molecular complexity index is 214. The van der Waals surface area contributed by atoms with Crippen molar-refractivity contribution < 1.29 is 14.2 Å². The van der Waals surface area contributed by atoms with Crippen LogP contribution in [0.1, 0.15) is 25.7 Å². The summed E-state index contributed by atoms with van der Waals surface area (Å²) in [6.45, 7) is 1.29. The molecule has 2 N–H and O–H groups in total. The molecule has 0 saturated carbocycles. The molecule has 1 unspecified atom stereocenters. The largest absolute Gasteiger partial charge is 0.382 e. The maximum absolute atomic E-state index is 6.19. The van der Waals surface area contributed by atoms with Gasteiger partial charge in [0.15, 0.2) is 0 Å². The van der Waals surface area contributed by atoms with E-state index in [4.69, 9.17) is 19.9 Å². The van der Waals surface area contributed by atoms with Crippen LogP contribution >= 0.6 is 0 Å². The second-order valence-corrected chi connectivity index (χ2v) is 5.00. The Morgan fingerprint density at radius 2 is 1.60 bits per heavy atom. The number of methoxy groups -OCH3 is 2. The van der Waals surface area contributed by atoms with Crippen LogP contribution in [0, 0.1) is 0 Å². The highest BCUT2D eigenvalue weighted by Gasteiger charge is 2.54. The van der Waals surface area contributed by atoms with E-state index in [1.165, 1.54) is 0 Å². The summed E-state index contributed by atoms with van der Waals surface area (Å²) in [6, 6.07) is 0.214. The van der Waals surface area contributed by atoms with E-state index < -0.39 is 0 Å². The van der Waals surface area contributed by atoms with E-state index in [1.54, 1.807) is 14.2 Å². The van der Waals surface area contributed by atoms with Gasteiger partial charge >= 0.3 is 0 Å². The molecule has 15 heavy (non-hydrogen) atoms. The number of hydrogen-bond donors (Lipinski definition) is 1. The Labute approximate surface area is 91.1 Å². The van der Waals surface area contributed by atoms with E-state index in [1.807, 2.05) is 0 Å². The highest BCUT2D eigenvalue weighted by molar-refractivity contribution is 5.05. The van der Waals surface area contributed by atoms with Crippen LogP contribution in [0.25, 0.3) is 0 Å². The molecule has 4 heteroatoms. The molecule has 0 spiro atoms. The number of ether oxygens (including phenoxy) is 3. The van der Waals surface area contributed by atoms with E-state index in [-0.39, 0.29) is 17.2 Å². The zero-order valence-corrected chi connectivity index (χ0v) is 9.62. The van der Waals surface area contributed by atoms with Crippen LogP contribution in [-0.4, -0.2) is 44.7 Å². The quantitative estimate of drug-likeness (QED) is 0.749. The minimum atomic E-state index is -0.148. The van der Waals surface area contributed by atoms with Gasteiger partial charge in [-0.1, -0.05) is 0 Å². The lowest BCUT2D eigenvalue weighted by Gasteiger charge is -2.42. The monoisotopic (exact) mass is 215 g/mol. The Kier molecular flexibility index (Phi) is 3.03. The topological polar surface area (TPSA) is 53.7 Å². The fourth-order valence-electron chi connectivity index (χ4n) is 3.18. The van der Waals surface area contributed by atoms with E-state index >= 15 is 0 Å². The van der Waals surface area contributed by atoms with E-state index in [0.29, 0.717) is 13.2 Å². The third-order valence-corrected chi connectivity index (χ3v) is 3.55. The highest BCUT2D eigenvalue weighted by Crippen LogP contribution is 2.47. The fourth-order valence-corrected chi connectivity index (χ4v) is 3.18. The molecule has 2 fully saturated rings. The first kappa shape index (κ1) is 11.3. The first-order valence-corrected chi connectivity index (χ1v) is 5.57. The Hall–Kier alpha value is -0.160. The molecule has 0 amide bonds. The average molecular weight is 215 g/mol. The molecule has 0 aliphatic carbocycles. The molecule has 0 aromatic rings. The third-order valence-electron chi connectivity index (χ3n) is 3.55. The molecule has 2 bridgehead atoms. The van der Waals surface area contributed by atoms with E-state index in [0.717, 1.165) is 25.7 Å². The van der Waals surface area contributed by atoms with Crippen LogP contribution < -0.4 is 5.73 Å². The second-order valence-electron chi connectivity index (χ2n) is 5.00. The summed E-state index contributed by atoms with van der Waals surface area (Å²) in [7, 11) is 3.43. The van der Waals surface area contributed by atoms with Crippen molar-refractivity contribution in [3.05, 3.63) is 0 Å². The summed E-state index contributed by atoms with van der Waals surface area (Å²) in [5, 5.41) is 0. The minimum absolute atomic E-state index is 0.148. The zero-order chi connectivity index (χ0) is 10.9. The van der Waals surface area contributed by atoms with Crippen molar-refractivity contribution in [2.75, 3.05) is 27.4 Å². The zero-order valence-electron chi connectivity index (χ0n) is 9.62. The summed E-state index contributed by atoms with van der Waals surface area (Å²) in [6.07, 6.45) is 3.90. The van der Waals surface area contributed by atoms with E-state index in [2.05, 4.69) is 0 Å². The molecule has 2 aliphatic rings. The molecule has 3 atom stereocenters. The van der Waals surface area contributed by atoms with Crippen LogP contribution in [-0.2, 0) is 14.2 Å². The normalized spacial score (nSPS) is 44.6. The first-order valence-electron chi connectivity index (χ1n) is 5.57. The molecular weight excluding hydrogens is 194 g/mol. The number of rotatable bonds is 4. The smallest absolute Gasteiger partial charge is 0.0939 e. The lowest BCUT2D eigenvalue weighted by molar-refractivity contribution is -0.182. The molecule has 2 heterocycles. The van der Waals surface area contributed by atoms with Gasteiger partial charge in [0, 0.05) is 20.3 Å². The van der Waals surface area contributed by atoms with Gasteiger partial charge in [-0.15, -0.1) is 0 Å². The summed E-state index contributed by atoms with van der Waals surface area (Å²) >= 11 is 0. The number of hydrogen-bond acceptors (Lipinski definition) is 4. The third kappa shape index (κ3) is 2.04. The van der Waals surface area contributed by atoms with Crippen LogP contribution in [0.4, 0.5) is 0 Å². The molecule has 0 radical (unpaired) electrons. The lowest BCUT2D eigenvalue weighted by atomic mass is 9.90. The summed E-state index contributed by atoms with van der Waals surface area (Å²) < 4.78 is 16.7. The molecule has 4 nitrogen and oxygen atoms in total. The van der Waals surface area contributed by atoms with E-state index in [9.17, 15) is 0 Å². The van der Waals surface area contributed by atoms with Crippen molar-refractivity contribution in [3.8, 4) is 0 Å². The molecule has 0 aromatic heterocycles. The number of nitrogens with two attached hydrogens (primary N) is 1. The molecule has 2 rings (SSSR count). The van der Waals surface area contributed by atoms with Gasteiger partial charge in [0.05, 0.1) is 24.4 Å². The predicted octanol–water partition coefficient (Wildman–Crippen LogP) is 0.688. The van der Waals surface area contributed by atoms with Crippen LogP contribution in [0.3, 0.4) is 0 Å².